The van der Waals surface area contributed by atoms with Gasteiger partial charge in [0.05, 0.1) is 5.69 Å². The predicted molar refractivity (Wildman–Crippen MR) is 74.7 cm³/mol. The molecule has 4 heteroatoms. The first kappa shape index (κ1) is 14.7. The summed E-state index contributed by atoms with van der Waals surface area (Å²) >= 11 is 0. The summed E-state index contributed by atoms with van der Waals surface area (Å²) in [5.41, 5.74) is 0.997. The van der Waals surface area contributed by atoms with Crippen LogP contribution in [0.3, 0.4) is 0 Å². The summed E-state index contributed by atoms with van der Waals surface area (Å²) in [6, 6.07) is 1.96. The fourth-order valence-electron chi connectivity index (χ4n) is 1.69. The SMILES string of the molecule is CCCCCC(=O)Nc1cc(C(C)(C)C)nn1C. The molecule has 1 aromatic heterocycles. The van der Waals surface area contributed by atoms with Crippen LogP contribution in [0.5, 0.6) is 0 Å². The molecule has 102 valence electrons. The highest BCUT2D eigenvalue weighted by atomic mass is 16.1. The van der Waals surface area contributed by atoms with E-state index in [0.29, 0.717) is 6.42 Å². The van der Waals surface area contributed by atoms with Gasteiger partial charge in [-0.3, -0.25) is 9.48 Å². The monoisotopic (exact) mass is 251 g/mol. The van der Waals surface area contributed by atoms with Gasteiger partial charge in [-0.25, -0.2) is 0 Å². The molecule has 0 aliphatic heterocycles. The smallest absolute Gasteiger partial charge is 0.225 e. The maximum Gasteiger partial charge on any atom is 0.225 e. The number of unbranched alkanes of at least 4 members (excludes halogenated alkanes) is 2. The number of hydrogen-bond donors (Lipinski definition) is 1. The topological polar surface area (TPSA) is 46.9 Å². The van der Waals surface area contributed by atoms with Crippen LogP contribution in [0.2, 0.25) is 0 Å². The molecule has 0 saturated carbocycles. The number of carbonyl (C=O) groups excluding carboxylic acids is 1. The number of anilines is 1. The molecular weight excluding hydrogens is 226 g/mol. The number of rotatable bonds is 5. The lowest BCUT2D eigenvalue weighted by atomic mass is 9.92. The van der Waals surface area contributed by atoms with Crippen LogP contribution < -0.4 is 5.32 Å². The van der Waals surface area contributed by atoms with Crippen molar-refractivity contribution < 1.29 is 4.79 Å². The van der Waals surface area contributed by atoms with Crippen LogP contribution >= 0.6 is 0 Å². The lowest BCUT2D eigenvalue weighted by molar-refractivity contribution is -0.116. The van der Waals surface area contributed by atoms with Crippen molar-refractivity contribution in [2.24, 2.45) is 7.05 Å². The van der Waals surface area contributed by atoms with Gasteiger partial charge in [0.15, 0.2) is 0 Å². The van der Waals surface area contributed by atoms with Crippen molar-refractivity contribution in [2.75, 3.05) is 5.32 Å². The third kappa shape index (κ3) is 4.17. The van der Waals surface area contributed by atoms with E-state index in [1.54, 1.807) is 4.68 Å². The maximum atomic E-state index is 11.7. The summed E-state index contributed by atoms with van der Waals surface area (Å²) in [6.45, 7) is 8.47. The Morgan fingerprint density at radius 2 is 2.06 bits per heavy atom. The van der Waals surface area contributed by atoms with Crippen LogP contribution in [0.25, 0.3) is 0 Å². The van der Waals surface area contributed by atoms with Crippen LogP contribution in [-0.4, -0.2) is 15.7 Å². The molecule has 0 fully saturated rings. The Labute approximate surface area is 110 Å². The molecule has 4 nitrogen and oxygen atoms in total. The standard InChI is InChI=1S/C14H25N3O/c1-6-7-8-9-13(18)15-12-10-11(14(2,3)4)16-17(12)5/h10H,6-9H2,1-5H3,(H,15,18). The molecule has 1 amide bonds. The summed E-state index contributed by atoms with van der Waals surface area (Å²) in [7, 11) is 1.86. The minimum Gasteiger partial charge on any atom is -0.311 e. The predicted octanol–water partition coefficient (Wildman–Crippen LogP) is 3.24. The molecule has 0 aromatic carbocycles. The zero-order valence-corrected chi connectivity index (χ0v) is 12.2. The van der Waals surface area contributed by atoms with Crippen molar-refractivity contribution in [1.29, 1.82) is 0 Å². The van der Waals surface area contributed by atoms with E-state index in [1.165, 1.54) is 0 Å². The zero-order chi connectivity index (χ0) is 13.8. The molecule has 0 bridgehead atoms. The van der Waals surface area contributed by atoms with E-state index in [1.807, 2.05) is 13.1 Å². The van der Waals surface area contributed by atoms with Crippen molar-refractivity contribution in [3.05, 3.63) is 11.8 Å². The number of carbonyl (C=O) groups is 1. The quantitative estimate of drug-likeness (QED) is 0.817. The van der Waals surface area contributed by atoms with Gasteiger partial charge in [-0.2, -0.15) is 5.10 Å². The molecule has 0 atom stereocenters. The summed E-state index contributed by atoms with van der Waals surface area (Å²) in [4.78, 5) is 11.7. The normalized spacial score (nSPS) is 11.6. The number of amides is 1. The van der Waals surface area contributed by atoms with E-state index in [2.05, 4.69) is 38.1 Å². The van der Waals surface area contributed by atoms with Crippen molar-refractivity contribution in [2.45, 2.75) is 58.8 Å². The second kappa shape index (κ2) is 6.03. The van der Waals surface area contributed by atoms with E-state index in [9.17, 15) is 4.79 Å². The molecule has 0 unspecified atom stereocenters. The lowest BCUT2D eigenvalue weighted by Crippen LogP contribution is -2.13. The molecule has 1 aromatic rings. The third-order valence-corrected chi connectivity index (χ3v) is 2.92. The fraction of sp³-hybridized carbons (Fsp3) is 0.714. The van der Waals surface area contributed by atoms with Crippen molar-refractivity contribution >= 4 is 11.7 Å². The minimum atomic E-state index is 0.00292. The zero-order valence-electron chi connectivity index (χ0n) is 12.2. The molecule has 18 heavy (non-hydrogen) atoms. The summed E-state index contributed by atoms with van der Waals surface area (Å²) in [5.74, 6) is 0.855. The van der Waals surface area contributed by atoms with Crippen LogP contribution in [0.4, 0.5) is 5.82 Å². The van der Waals surface area contributed by atoms with Gasteiger partial charge in [0.2, 0.25) is 5.91 Å². The van der Waals surface area contributed by atoms with Gasteiger partial charge in [-0.1, -0.05) is 40.5 Å². The minimum absolute atomic E-state index is 0.00292. The third-order valence-electron chi connectivity index (χ3n) is 2.92. The van der Waals surface area contributed by atoms with Gasteiger partial charge in [-0.15, -0.1) is 0 Å². The molecule has 1 rings (SSSR count). The van der Waals surface area contributed by atoms with E-state index in [4.69, 9.17) is 0 Å². The van der Waals surface area contributed by atoms with E-state index >= 15 is 0 Å². The Bertz CT molecular complexity index is 402. The Kier molecular flexibility index (Phi) is 4.93. The highest BCUT2D eigenvalue weighted by molar-refractivity contribution is 5.89. The fourth-order valence-corrected chi connectivity index (χ4v) is 1.69. The van der Waals surface area contributed by atoms with Crippen molar-refractivity contribution in [1.82, 2.24) is 9.78 Å². The van der Waals surface area contributed by atoms with Gasteiger partial charge >= 0.3 is 0 Å². The van der Waals surface area contributed by atoms with E-state index < -0.39 is 0 Å². The molecule has 0 saturated heterocycles. The molecule has 1 heterocycles. The van der Waals surface area contributed by atoms with Crippen LogP contribution in [0, 0.1) is 0 Å². The van der Waals surface area contributed by atoms with Gasteiger partial charge in [0, 0.05) is 24.9 Å². The molecule has 1 N–H and O–H groups in total. The lowest BCUT2D eigenvalue weighted by Gasteiger charge is -2.13. The second-order valence-corrected chi connectivity index (χ2v) is 5.79. The Balaban J connectivity index is 2.62. The van der Waals surface area contributed by atoms with Crippen LogP contribution in [0.15, 0.2) is 6.07 Å². The van der Waals surface area contributed by atoms with Crippen LogP contribution in [-0.2, 0) is 17.3 Å². The van der Waals surface area contributed by atoms with Gasteiger partial charge in [-0.05, 0) is 6.42 Å². The maximum absolute atomic E-state index is 11.7. The number of nitrogens with zero attached hydrogens (tertiary/aromatic N) is 2. The highest BCUT2D eigenvalue weighted by Gasteiger charge is 2.19. The highest BCUT2D eigenvalue weighted by Crippen LogP contribution is 2.23. The first-order valence-corrected chi connectivity index (χ1v) is 6.69. The number of aromatic nitrogens is 2. The average molecular weight is 251 g/mol. The van der Waals surface area contributed by atoms with E-state index in [-0.39, 0.29) is 11.3 Å². The first-order valence-electron chi connectivity index (χ1n) is 6.69. The molecule has 0 aliphatic rings. The molecule has 0 aliphatic carbocycles. The van der Waals surface area contributed by atoms with Crippen molar-refractivity contribution in [3.63, 3.8) is 0 Å². The molecule has 0 radical (unpaired) electrons. The Morgan fingerprint density at radius 3 is 2.56 bits per heavy atom. The summed E-state index contributed by atoms with van der Waals surface area (Å²) in [5, 5.41) is 7.36. The first-order chi connectivity index (χ1) is 8.34. The Morgan fingerprint density at radius 1 is 1.39 bits per heavy atom. The second-order valence-electron chi connectivity index (χ2n) is 5.79. The average Bonchev–Trinajstić information content (AvgIpc) is 2.60. The van der Waals surface area contributed by atoms with Crippen LogP contribution in [0.1, 0.15) is 59.1 Å². The van der Waals surface area contributed by atoms with Gasteiger partial charge < -0.3 is 5.32 Å². The number of hydrogen-bond acceptors (Lipinski definition) is 2. The number of nitrogens with one attached hydrogen (secondary N) is 1. The summed E-state index contributed by atoms with van der Waals surface area (Å²) < 4.78 is 1.73. The molecular formula is C14H25N3O. The number of aryl methyl sites for hydroxylation is 1. The van der Waals surface area contributed by atoms with Crippen molar-refractivity contribution in [3.8, 4) is 0 Å². The van der Waals surface area contributed by atoms with Gasteiger partial charge in [0.1, 0.15) is 5.82 Å². The Hall–Kier alpha value is -1.32. The largest absolute Gasteiger partial charge is 0.311 e. The summed E-state index contributed by atoms with van der Waals surface area (Å²) in [6.07, 6.45) is 3.77. The van der Waals surface area contributed by atoms with Gasteiger partial charge in [0.25, 0.3) is 0 Å². The van der Waals surface area contributed by atoms with E-state index in [0.717, 1.165) is 30.8 Å². The molecule has 0 spiro atoms.